The maximum absolute atomic E-state index is 6.02. The van der Waals surface area contributed by atoms with Crippen LogP contribution >= 0.6 is 11.8 Å². The summed E-state index contributed by atoms with van der Waals surface area (Å²) in [5.74, 6) is 2.48. The molecule has 0 saturated carbocycles. The predicted octanol–water partition coefficient (Wildman–Crippen LogP) is 1.32. The zero-order valence-corrected chi connectivity index (χ0v) is 11.1. The Morgan fingerprint density at radius 3 is 3.06 bits per heavy atom. The van der Waals surface area contributed by atoms with Crippen molar-refractivity contribution in [2.24, 2.45) is 5.73 Å². The van der Waals surface area contributed by atoms with E-state index in [-0.39, 0.29) is 5.54 Å². The van der Waals surface area contributed by atoms with Crippen LogP contribution in [0.3, 0.4) is 0 Å². The summed E-state index contributed by atoms with van der Waals surface area (Å²) in [6, 6.07) is 0. The van der Waals surface area contributed by atoms with Crippen LogP contribution in [-0.4, -0.2) is 54.3 Å². The lowest BCUT2D eigenvalue weighted by molar-refractivity contribution is -0.0261. The van der Waals surface area contributed by atoms with Crippen molar-refractivity contribution in [2.75, 3.05) is 37.7 Å². The Morgan fingerprint density at radius 2 is 2.44 bits per heavy atom. The molecule has 0 bridgehead atoms. The molecule has 2 aliphatic heterocycles. The van der Waals surface area contributed by atoms with E-state index in [0.717, 1.165) is 19.7 Å². The first-order chi connectivity index (χ1) is 7.80. The van der Waals surface area contributed by atoms with Crippen molar-refractivity contribution in [3.63, 3.8) is 0 Å². The van der Waals surface area contributed by atoms with Gasteiger partial charge >= 0.3 is 0 Å². The molecule has 0 amide bonds. The van der Waals surface area contributed by atoms with Gasteiger partial charge in [0.1, 0.15) is 0 Å². The van der Waals surface area contributed by atoms with Gasteiger partial charge in [-0.1, -0.05) is 0 Å². The summed E-state index contributed by atoms with van der Waals surface area (Å²) in [5, 5.41) is 0. The predicted molar refractivity (Wildman–Crippen MR) is 69.9 cm³/mol. The van der Waals surface area contributed by atoms with E-state index in [9.17, 15) is 0 Å². The first kappa shape index (κ1) is 12.7. The Labute approximate surface area is 103 Å². The van der Waals surface area contributed by atoms with Crippen molar-refractivity contribution in [3.8, 4) is 0 Å². The van der Waals surface area contributed by atoms with Crippen LogP contribution in [0.1, 0.15) is 26.2 Å². The summed E-state index contributed by atoms with van der Waals surface area (Å²) in [6.07, 6.45) is 4.18. The molecule has 2 rings (SSSR count). The molecule has 2 unspecified atom stereocenters. The Balaban J connectivity index is 1.96. The van der Waals surface area contributed by atoms with E-state index in [2.05, 4.69) is 23.6 Å². The summed E-state index contributed by atoms with van der Waals surface area (Å²) in [5.41, 5.74) is 6.30. The standard InChI is InChI=1S/C12H24N2OS/c1-2-15-11-4-3-6-14(8-11)12(9-13)5-7-16-10-12/h11H,2-10,13H2,1H3. The highest BCUT2D eigenvalue weighted by Crippen LogP contribution is 2.34. The molecule has 0 aromatic rings. The molecule has 2 N–H and O–H groups in total. The van der Waals surface area contributed by atoms with Crippen LogP contribution in [0.2, 0.25) is 0 Å². The van der Waals surface area contributed by atoms with Crippen LogP contribution < -0.4 is 5.73 Å². The van der Waals surface area contributed by atoms with Gasteiger partial charge in [-0.25, -0.2) is 0 Å². The van der Waals surface area contributed by atoms with Gasteiger partial charge in [0.05, 0.1) is 6.10 Å². The van der Waals surface area contributed by atoms with E-state index in [4.69, 9.17) is 10.5 Å². The molecular formula is C12H24N2OS. The number of likely N-dealkylation sites (tertiary alicyclic amines) is 1. The summed E-state index contributed by atoms with van der Waals surface area (Å²) >= 11 is 2.05. The minimum Gasteiger partial charge on any atom is -0.377 e. The van der Waals surface area contributed by atoms with Crippen molar-refractivity contribution in [1.29, 1.82) is 0 Å². The second-order valence-electron chi connectivity index (χ2n) is 4.90. The summed E-state index contributed by atoms with van der Waals surface area (Å²) in [4.78, 5) is 2.61. The normalized spacial score (nSPS) is 36.8. The van der Waals surface area contributed by atoms with Crippen molar-refractivity contribution < 1.29 is 4.74 Å². The summed E-state index contributed by atoms with van der Waals surface area (Å²) < 4.78 is 5.77. The molecule has 94 valence electrons. The van der Waals surface area contributed by atoms with E-state index in [0.29, 0.717) is 6.10 Å². The second kappa shape index (κ2) is 5.71. The van der Waals surface area contributed by atoms with Gasteiger partial charge in [-0.3, -0.25) is 4.90 Å². The fourth-order valence-electron chi connectivity index (χ4n) is 2.88. The summed E-state index contributed by atoms with van der Waals surface area (Å²) in [6.45, 7) is 6.03. The lowest BCUT2D eigenvalue weighted by atomic mass is 9.93. The highest BCUT2D eigenvalue weighted by Gasteiger charge is 2.40. The number of rotatable bonds is 4. The SMILES string of the molecule is CCOC1CCCN(C2(CN)CCSC2)C1. The van der Waals surface area contributed by atoms with Gasteiger partial charge in [0, 0.05) is 31.0 Å². The second-order valence-corrected chi connectivity index (χ2v) is 6.00. The molecule has 2 aliphatic rings. The van der Waals surface area contributed by atoms with Gasteiger partial charge in [0.25, 0.3) is 0 Å². The first-order valence-electron chi connectivity index (χ1n) is 6.45. The van der Waals surface area contributed by atoms with Gasteiger partial charge in [0.2, 0.25) is 0 Å². The number of nitrogens with two attached hydrogens (primary N) is 1. The van der Waals surface area contributed by atoms with Crippen LogP contribution in [0.5, 0.6) is 0 Å². The average Bonchev–Trinajstić information content (AvgIpc) is 2.80. The molecule has 0 aromatic carbocycles. The number of ether oxygens (including phenoxy) is 1. The Bertz CT molecular complexity index is 217. The van der Waals surface area contributed by atoms with E-state index >= 15 is 0 Å². The quantitative estimate of drug-likeness (QED) is 0.809. The van der Waals surface area contributed by atoms with Gasteiger partial charge in [-0.15, -0.1) is 0 Å². The van der Waals surface area contributed by atoms with Gasteiger partial charge < -0.3 is 10.5 Å². The molecule has 2 heterocycles. The third-order valence-electron chi connectivity index (χ3n) is 3.91. The highest BCUT2D eigenvalue weighted by molar-refractivity contribution is 7.99. The van der Waals surface area contributed by atoms with Crippen molar-refractivity contribution in [2.45, 2.75) is 37.8 Å². The Morgan fingerprint density at radius 1 is 1.56 bits per heavy atom. The molecule has 0 radical (unpaired) electrons. The molecular weight excluding hydrogens is 220 g/mol. The topological polar surface area (TPSA) is 38.5 Å². The smallest absolute Gasteiger partial charge is 0.0702 e. The minimum absolute atomic E-state index is 0.278. The lowest BCUT2D eigenvalue weighted by Gasteiger charge is -2.44. The van der Waals surface area contributed by atoms with E-state index < -0.39 is 0 Å². The monoisotopic (exact) mass is 244 g/mol. The van der Waals surface area contributed by atoms with Crippen LogP contribution in [0.4, 0.5) is 0 Å². The molecule has 0 aromatic heterocycles. The number of nitrogens with zero attached hydrogens (tertiary/aromatic N) is 1. The zero-order chi connectivity index (χ0) is 11.4. The van der Waals surface area contributed by atoms with Crippen molar-refractivity contribution >= 4 is 11.8 Å². The first-order valence-corrected chi connectivity index (χ1v) is 7.61. The molecule has 0 spiro atoms. The highest BCUT2D eigenvalue weighted by atomic mass is 32.2. The molecule has 3 nitrogen and oxygen atoms in total. The molecule has 16 heavy (non-hydrogen) atoms. The van der Waals surface area contributed by atoms with Crippen LogP contribution in [-0.2, 0) is 4.74 Å². The molecule has 2 saturated heterocycles. The van der Waals surface area contributed by atoms with Gasteiger partial charge in [0.15, 0.2) is 0 Å². The van der Waals surface area contributed by atoms with Crippen molar-refractivity contribution in [3.05, 3.63) is 0 Å². The maximum Gasteiger partial charge on any atom is 0.0702 e. The molecule has 2 atom stereocenters. The molecule has 2 fully saturated rings. The van der Waals surface area contributed by atoms with Crippen LogP contribution in [0.15, 0.2) is 0 Å². The number of hydrogen-bond donors (Lipinski definition) is 1. The third kappa shape index (κ3) is 2.55. The zero-order valence-electron chi connectivity index (χ0n) is 10.3. The van der Waals surface area contributed by atoms with E-state index in [1.54, 1.807) is 0 Å². The van der Waals surface area contributed by atoms with Crippen LogP contribution in [0.25, 0.3) is 0 Å². The van der Waals surface area contributed by atoms with Crippen molar-refractivity contribution in [1.82, 2.24) is 4.90 Å². The largest absolute Gasteiger partial charge is 0.377 e. The van der Waals surface area contributed by atoms with E-state index in [1.807, 2.05) is 0 Å². The number of piperidine rings is 1. The average molecular weight is 244 g/mol. The van der Waals surface area contributed by atoms with Gasteiger partial charge in [-0.2, -0.15) is 11.8 Å². The fraction of sp³-hybridized carbons (Fsp3) is 1.00. The number of thioether (sulfide) groups is 1. The maximum atomic E-state index is 6.02. The van der Waals surface area contributed by atoms with Crippen LogP contribution in [0, 0.1) is 0 Å². The number of hydrogen-bond acceptors (Lipinski definition) is 4. The fourth-order valence-corrected chi connectivity index (χ4v) is 4.37. The van der Waals surface area contributed by atoms with Gasteiger partial charge in [-0.05, 0) is 38.5 Å². The minimum atomic E-state index is 0.278. The summed E-state index contributed by atoms with van der Waals surface area (Å²) in [7, 11) is 0. The molecule has 0 aliphatic carbocycles. The Hall–Kier alpha value is 0.230. The lowest BCUT2D eigenvalue weighted by Crippen LogP contribution is -2.58. The Kier molecular flexibility index (Phi) is 4.53. The third-order valence-corrected chi connectivity index (χ3v) is 5.15. The molecule has 4 heteroatoms. The van der Waals surface area contributed by atoms with E-state index in [1.165, 1.54) is 37.3 Å².